The molecule has 17 heavy (non-hydrogen) atoms. The van der Waals surface area contributed by atoms with Gasteiger partial charge in [0.2, 0.25) is 12.0 Å². The Morgan fingerprint density at radius 2 is 2.29 bits per heavy atom. The molecule has 4 N–H and O–H groups in total. The van der Waals surface area contributed by atoms with Crippen LogP contribution in [0.25, 0.3) is 0 Å². The second kappa shape index (κ2) is 6.46. The van der Waals surface area contributed by atoms with Gasteiger partial charge in [0.05, 0.1) is 0 Å². The number of nitrogens with two attached hydrogens (primary N) is 1. The molecule has 1 aliphatic heterocycles. The van der Waals surface area contributed by atoms with Crippen LogP contribution in [0.15, 0.2) is 0 Å². The smallest absolute Gasteiger partial charge is 0.320 e. The number of hydrogen-bond donors (Lipinski definition) is 3. The molecule has 1 heterocycles. The molecule has 0 fully saturated rings. The fourth-order valence-electron chi connectivity index (χ4n) is 1.83. The molecule has 2 unspecified atom stereocenters. The molecule has 0 radical (unpaired) electrons. The first-order valence-electron chi connectivity index (χ1n) is 5.77. The van der Waals surface area contributed by atoms with Gasteiger partial charge in [0, 0.05) is 12.8 Å². The first-order chi connectivity index (χ1) is 7.99. The van der Waals surface area contributed by atoms with Crippen molar-refractivity contribution in [2.24, 2.45) is 5.73 Å². The van der Waals surface area contributed by atoms with E-state index >= 15 is 0 Å². The summed E-state index contributed by atoms with van der Waals surface area (Å²) in [6.07, 6.45) is 3.01. The summed E-state index contributed by atoms with van der Waals surface area (Å²) in [7, 11) is 0. The number of carboxylic acid groups (broad SMARTS) is 1. The number of rotatable bonds is 6. The lowest BCUT2D eigenvalue weighted by Gasteiger charge is -2.13. The number of ketones is 1. The van der Waals surface area contributed by atoms with Crippen LogP contribution >= 0.6 is 0 Å². The highest BCUT2D eigenvalue weighted by Crippen LogP contribution is 2.03. The Kier molecular flexibility index (Phi) is 5.24. The van der Waals surface area contributed by atoms with Crippen LogP contribution in [0.1, 0.15) is 25.7 Å². The van der Waals surface area contributed by atoms with Crippen molar-refractivity contribution in [2.75, 3.05) is 13.1 Å². The Morgan fingerprint density at radius 3 is 2.88 bits per heavy atom. The van der Waals surface area contributed by atoms with E-state index in [4.69, 9.17) is 10.8 Å². The highest BCUT2D eigenvalue weighted by molar-refractivity contribution is 6.25. The summed E-state index contributed by atoms with van der Waals surface area (Å²) in [5.74, 6) is -1.05. The highest BCUT2D eigenvalue weighted by atomic mass is 16.4. The number of carbonyl (C=O) groups is 2. The first kappa shape index (κ1) is 13.8. The predicted molar refractivity (Wildman–Crippen MR) is 61.2 cm³/mol. The fourth-order valence-corrected chi connectivity index (χ4v) is 1.83. The van der Waals surface area contributed by atoms with Crippen molar-refractivity contribution in [1.29, 1.82) is 0 Å². The van der Waals surface area contributed by atoms with Crippen LogP contribution in [-0.4, -0.2) is 58.0 Å². The second-order valence-corrected chi connectivity index (χ2v) is 4.39. The third kappa shape index (κ3) is 5.06. The van der Waals surface area contributed by atoms with Gasteiger partial charge in [0.15, 0.2) is 6.54 Å². The van der Waals surface area contributed by atoms with Crippen molar-refractivity contribution in [1.82, 2.24) is 0 Å². The van der Waals surface area contributed by atoms with Crippen molar-refractivity contribution in [3.63, 3.8) is 0 Å². The van der Waals surface area contributed by atoms with Gasteiger partial charge in [-0.3, -0.25) is 9.59 Å². The second-order valence-electron chi connectivity index (χ2n) is 4.39. The monoisotopic (exact) mass is 243 g/mol. The zero-order chi connectivity index (χ0) is 12.8. The lowest BCUT2D eigenvalue weighted by Crippen LogP contribution is -2.36. The minimum Gasteiger partial charge on any atom is -0.480 e. The molecule has 0 bridgehead atoms. The molecule has 0 aromatic rings. The Balaban J connectivity index is 2.23. The minimum atomic E-state index is -0.986. The third-order valence-electron chi connectivity index (χ3n) is 2.74. The number of β-amino-alcohol motifs (C(OH)–C–C–N with tert-alkyl or cyclic N) is 1. The number of Topliss-reactive ketones (excluding diaryl/α,β-unsaturated/α-hetero) is 1. The Morgan fingerprint density at radius 1 is 1.59 bits per heavy atom. The molecule has 96 valence electrons. The molecule has 6 nitrogen and oxygen atoms in total. The zero-order valence-electron chi connectivity index (χ0n) is 9.71. The standard InChI is InChI=1S/C11H18N2O4/c12-10(11(16)17)3-1-2-4-13-6-8(14)5-9(15)7-13/h6,9-10,15H,1-5,7,12H2/p+1. The average Bonchev–Trinajstić information content (AvgIpc) is 2.22. The molecule has 0 aromatic carbocycles. The summed E-state index contributed by atoms with van der Waals surface area (Å²) in [5.41, 5.74) is 5.36. The summed E-state index contributed by atoms with van der Waals surface area (Å²) < 4.78 is 1.78. The molecule has 0 spiro atoms. The summed E-state index contributed by atoms with van der Waals surface area (Å²) >= 11 is 0. The van der Waals surface area contributed by atoms with Crippen molar-refractivity contribution < 1.29 is 24.4 Å². The van der Waals surface area contributed by atoms with E-state index in [0.29, 0.717) is 25.9 Å². The maximum absolute atomic E-state index is 11.2. The van der Waals surface area contributed by atoms with E-state index in [9.17, 15) is 14.7 Å². The topological polar surface area (TPSA) is 104 Å². The van der Waals surface area contributed by atoms with Crippen LogP contribution in [-0.2, 0) is 9.59 Å². The van der Waals surface area contributed by atoms with Gasteiger partial charge in [-0.25, -0.2) is 4.58 Å². The van der Waals surface area contributed by atoms with E-state index in [1.54, 1.807) is 4.58 Å². The lowest BCUT2D eigenvalue weighted by atomic mass is 10.1. The predicted octanol–water partition coefficient (Wildman–Crippen LogP) is -1.01. The molecule has 0 saturated carbocycles. The van der Waals surface area contributed by atoms with Crippen LogP contribution in [0.5, 0.6) is 0 Å². The van der Waals surface area contributed by atoms with Crippen molar-refractivity contribution in [3.8, 4) is 0 Å². The van der Waals surface area contributed by atoms with Crippen LogP contribution in [0.2, 0.25) is 0 Å². The quantitative estimate of drug-likeness (QED) is 0.409. The zero-order valence-corrected chi connectivity index (χ0v) is 9.71. The van der Waals surface area contributed by atoms with Gasteiger partial charge >= 0.3 is 5.97 Å². The third-order valence-corrected chi connectivity index (χ3v) is 2.74. The highest BCUT2D eigenvalue weighted by Gasteiger charge is 2.23. The van der Waals surface area contributed by atoms with Crippen LogP contribution in [0, 0.1) is 0 Å². The van der Waals surface area contributed by atoms with Crippen molar-refractivity contribution in [3.05, 3.63) is 0 Å². The number of carbonyl (C=O) groups excluding carboxylic acids is 1. The molecule has 6 heteroatoms. The first-order valence-corrected chi connectivity index (χ1v) is 5.77. The molecule has 0 aliphatic carbocycles. The summed E-state index contributed by atoms with van der Waals surface area (Å²) in [4.78, 5) is 21.6. The van der Waals surface area contributed by atoms with Crippen molar-refractivity contribution in [2.45, 2.75) is 37.8 Å². The molecule has 0 aromatic heterocycles. The molecular weight excluding hydrogens is 224 g/mol. The lowest BCUT2D eigenvalue weighted by molar-refractivity contribution is -0.534. The Hall–Kier alpha value is -1.27. The Labute approximate surface area is 99.7 Å². The molecular formula is C11H19N2O4+. The maximum Gasteiger partial charge on any atom is 0.320 e. The number of aliphatic carboxylic acids is 1. The molecule has 1 rings (SSSR count). The van der Waals surface area contributed by atoms with Crippen LogP contribution < -0.4 is 5.73 Å². The van der Waals surface area contributed by atoms with E-state index in [0.717, 1.165) is 6.42 Å². The van der Waals surface area contributed by atoms with Gasteiger partial charge in [-0.2, -0.15) is 0 Å². The molecule has 0 saturated heterocycles. The summed E-state index contributed by atoms with van der Waals surface area (Å²) in [6.45, 7) is 1.12. The van der Waals surface area contributed by atoms with Gasteiger partial charge in [-0.1, -0.05) is 0 Å². The SMILES string of the molecule is NC(CCCC[N+]1=CC(=O)CC(O)C1)C(=O)O. The van der Waals surface area contributed by atoms with Crippen LogP contribution in [0.4, 0.5) is 0 Å². The molecule has 1 aliphatic rings. The van der Waals surface area contributed by atoms with Gasteiger partial charge in [-0.15, -0.1) is 0 Å². The average molecular weight is 243 g/mol. The van der Waals surface area contributed by atoms with E-state index in [-0.39, 0.29) is 12.2 Å². The van der Waals surface area contributed by atoms with E-state index in [1.165, 1.54) is 6.21 Å². The van der Waals surface area contributed by atoms with E-state index < -0.39 is 18.1 Å². The van der Waals surface area contributed by atoms with Gasteiger partial charge in [0.25, 0.3) is 0 Å². The number of aliphatic hydroxyl groups is 1. The number of carboxylic acids is 1. The van der Waals surface area contributed by atoms with Gasteiger partial charge in [0.1, 0.15) is 18.7 Å². The normalized spacial score (nSPS) is 22.1. The Bertz CT molecular complexity index is 327. The van der Waals surface area contributed by atoms with E-state index in [1.807, 2.05) is 0 Å². The number of nitrogens with zero attached hydrogens (tertiary/aromatic N) is 1. The van der Waals surface area contributed by atoms with Crippen LogP contribution in [0.3, 0.4) is 0 Å². The summed E-state index contributed by atoms with van der Waals surface area (Å²) in [6, 6.07) is -0.812. The maximum atomic E-state index is 11.2. The molecule has 0 amide bonds. The van der Waals surface area contributed by atoms with Gasteiger partial charge in [-0.05, 0) is 12.8 Å². The number of unbranched alkanes of at least 4 members (excludes halogenated alkanes) is 1. The van der Waals surface area contributed by atoms with Crippen molar-refractivity contribution >= 4 is 18.0 Å². The number of aliphatic hydroxyl groups excluding tert-OH is 1. The number of hydrogen-bond acceptors (Lipinski definition) is 4. The minimum absolute atomic E-state index is 0.0639. The van der Waals surface area contributed by atoms with Gasteiger partial charge < -0.3 is 15.9 Å². The fraction of sp³-hybridized carbons (Fsp3) is 0.727. The largest absolute Gasteiger partial charge is 0.480 e. The summed E-state index contributed by atoms with van der Waals surface area (Å²) in [5, 5.41) is 18.0. The van der Waals surface area contributed by atoms with E-state index in [2.05, 4.69) is 0 Å². The molecule has 2 atom stereocenters.